The maximum Gasteiger partial charge on any atom is 0.421 e. The van der Waals surface area contributed by atoms with Crippen molar-refractivity contribution in [3.8, 4) is 0 Å². The Balaban J connectivity index is 2.06. The van der Waals surface area contributed by atoms with Gasteiger partial charge in [-0.1, -0.05) is 0 Å². The van der Waals surface area contributed by atoms with Gasteiger partial charge in [-0.05, 0) is 18.2 Å². The summed E-state index contributed by atoms with van der Waals surface area (Å²) in [6, 6.07) is 4.77. The highest BCUT2D eigenvalue weighted by Gasteiger charge is 2.17. The van der Waals surface area contributed by atoms with Crippen LogP contribution in [0.1, 0.15) is 16.1 Å². The molecule has 3 rings (SSSR count). The fourth-order valence-corrected chi connectivity index (χ4v) is 1.93. The second-order valence-corrected chi connectivity index (χ2v) is 4.01. The third-order valence-corrected chi connectivity index (χ3v) is 2.85. The molecule has 8 nitrogen and oxygen atoms in total. The number of hydrazine groups is 1. The van der Waals surface area contributed by atoms with Crippen LogP contribution in [-0.2, 0) is 6.54 Å². The van der Waals surface area contributed by atoms with Crippen LogP contribution in [0.4, 0.5) is 0 Å². The van der Waals surface area contributed by atoms with Crippen LogP contribution in [0, 0.1) is 0 Å². The molecule has 0 saturated heterocycles. The molecule has 0 saturated carbocycles. The molecule has 0 bridgehead atoms. The Morgan fingerprint density at radius 2 is 2.30 bits per heavy atom. The highest BCUT2D eigenvalue weighted by Crippen LogP contribution is 2.15. The number of oxazole rings is 1. The summed E-state index contributed by atoms with van der Waals surface area (Å²) in [6.07, 6.45) is 2.89. The van der Waals surface area contributed by atoms with Crippen LogP contribution in [0.25, 0.3) is 11.2 Å². The van der Waals surface area contributed by atoms with E-state index in [1.807, 2.05) is 5.43 Å². The number of carbonyl (C=O) groups is 1. The van der Waals surface area contributed by atoms with Gasteiger partial charge in [-0.2, -0.15) is 0 Å². The fraction of sp³-hybridized carbons (Fsp3) is 0.0833. The molecular formula is C12H10N4O4. The summed E-state index contributed by atoms with van der Waals surface area (Å²) in [4.78, 5) is 27.4. The number of furan rings is 1. The molecule has 0 spiro atoms. The van der Waals surface area contributed by atoms with Gasteiger partial charge in [-0.15, -0.1) is 0 Å². The minimum Gasteiger partial charge on any atom is -0.467 e. The third kappa shape index (κ3) is 1.88. The second kappa shape index (κ2) is 4.67. The van der Waals surface area contributed by atoms with Crippen LogP contribution in [0.15, 0.2) is 44.3 Å². The number of nitrogens with zero attached hydrogens (tertiary/aromatic N) is 2. The number of fused-ring (bicyclic) bond motifs is 1. The molecule has 0 aromatic carbocycles. The number of nitrogens with two attached hydrogens (primary N) is 1. The lowest BCUT2D eigenvalue weighted by atomic mass is 10.2. The van der Waals surface area contributed by atoms with Crippen LogP contribution in [0.3, 0.4) is 0 Å². The van der Waals surface area contributed by atoms with Gasteiger partial charge < -0.3 is 8.83 Å². The highest BCUT2D eigenvalue weighted by molar-refractivity contribution is 5.94. The lowest BCUT2D eigenvalue weighted by molar-refractivity contribution is 0.0951. The van der Waals surface area contributed by atoms with Crippen molar-refractivity contribution < 1.29 is 13.6 Å². The van der Waals surface area contributed by atoms with E-state index >= 15 is 0 Å². The molecule has 0 aliphatic carbocycles. The minimum absolute atomic E-state index is 0.0264. The topological polar surface area (TPSA) is 116 Å². The standard InChI is InChI=1S/C12H10N4O4/c13-15-11(17)7-3-5-19-9(7)6-16-10-8(20-12(16)18)2-1-4-14-10/h1-5H,6,13H2,(H,15,17). The molecule has 0 fully saturated rings. The quantitative estimate of drug-likeness (QED) is 0.401. The zero-order chi connectivity index (χ0) is 14.1. The van der Waals surface area contributed by atoms with E-state index in [-0.39, 0.29) is 12.1 Å². The summed E-state index contributed by atoms with van der Waals surface area (Å²) in [5.74, 6) is 4.31. The van der Waals surface area contributed by atoms with Gasteiger partial charge >= 0.3 is 5.76 Å². The number of hydrogen-bond acceptors (Lipinski definition) is 6. The SMILES string of the molecule is NNC(=O)c1ccoc1Cn1c(=O)oc2cccnc21. The second-order valence-electron chi connectivity index (χ2n) is 4.01. The van der Waals surface area contributed by atoms with Gasteiger partial charge in [0.05, 0.1) is 18.4 Å². The molecular weight excluding hydrogens is 264 g/mol. The number of nitrogens with one attached hydrogen (secondary N) is 1. The average molecular weight is 274 g/mol. The summed E-state index contributed by atoms with van der Waals surface area (Å²) >= 11 is 0. The number of pyridine rings is 1. The predicted molar refractivity (Wildman–Crippen MR) is 67.7 cm³/mol. The number of carbonyl (C=O) groups excluding carboxylic acids is 1. The number of aromatic nitrogens is 2. The molecule has 0 aliphatic rings. The summed E-state index contributed by atoms with van der Waals surface area (Å²) in [6.45, 7) is 0.0264. The smallest absolute Gasteiger partial charge is 0.421 e. The molecule has 20 heavy (non-hydrogen) atoms. The number of amides is 1. The Morgan fingerprint density at radius 1 is 1.45 bits per heavy atom. The van der Waals surface area contributed by atoms with Crippen LogP contribution >= 0.6 is 0 Å². The largest absolute Gasteiger partial charge is 0.467 e. The molecule has 102 valence electrons. The first-order chi connectivity index (χ1) is 9.70. The first kappa shape index (κ1) is 12.2. The van der Waals surface area contributed by atoms with Gasteiger partial charge in [0.1, 0.15) is 5.76 Å². The van der Waals surface area contributed by atoms with E-state index < -0.39 is 11.7 Å². The number of hydrogen-bond donors (Lipinski definition) is 2. The Morgan fingerprint density at radius 3 is 3.10 bits per heavy atom. The molecule has 0 atom stereocenters. The van der Waals surface area contributed by atoms with Gasteiger partial charge in [0, 0.05) is 6.20 Å². The van der Waals surface area contributed by atoms with E-state index in [2.05, 4.69) is 4.98 Å². The Bertz CT molecular complexity index is 829. The Kier molecular flexibility index (Phi) is 2.84. The molecule has 3 aromatic heterocycles. The molecule has 1 amide bonds. The maximum absolute atomic E-state index is 11.8. The molecule has 0 unspecified atom stereocenters. The zero-order valence-corrected chi connectivity index (χ0v) is 10.2. The fourth-order valence-electron chi connectivity index (χ4n) is 1.93. The zero-order valence-electron chi connectivity index (χ0n) is 10.2. The molecule has 8 heteroatoms. The van der Waals surface area contributed by atoms with E-state index in [0.29, 0.717) is 17.0 Å². The van der Waals surface area contributed by atoms with Crippen molar-refractivity contribution in [2.24, 2.45) is 5.84 Å². The summed E-state index contributed by atoms with van der Waals surface area (Å²) in [7, 11) is 0. The van der Waals surface area contributed by atoms with E-state index in [1.54, 1.807) is 18.3 Å². The lowest BCUT2D eigenvalue weighted by Gasteiger charge is -2.02. The Labute approximate surface area is 111 Å². The van der Waals surface area contributed by atoms with E-state index in [4.69, 9.17) is 14.7 Å². The Hall–Kier alpha value is -2.87. The van der Waals surface area contributed by atoms with E-state index in [9.17, 15) is 9.59 Å². The lowest BCUT2D eigenvalue weighted by Crippen LogP contribution is -2.30. The van der Waals surface area contributed by atoms with Gasteiger partial charge in [0.15, 0.2) is 11.2 Å². The number of nitrogen functional groups attached to an aromatic ring is 1. The molecule has 0 aliphatic heterocycles. The van der Waals surface area contributed by atoms with E-state index in [1.165, 1.54) is 16.9 Å². The van der Waals surface area contributed by atoms with Crippen molar-refractivity contribution in [1.82, 2.24) is 15.0 Å². The van der Waals surface area contributed by atoms with Crippen molar-refractivity contribution >= 4 is 17.1 Å². The molecule has 0 radical (unpaired) electrons. The third-order valence-electron chi connectivity index (χ3n) is 2.85. The van der Waals surface area contributed by atoms with E-state index in [0.717, 1.165) is 0 Å². The highest BCUT2D eigenvalue weighted by atomic mass is 16.4. The van der Waals surface area contributed by atoms with Gasteiger partial charge in [-0.25, -0.2) is 15.6 Å². The van der Waals surface area contributed by atoms with Gasteiger partial charge in [0.2, 0.25) is 0 Å². The van der Waals surface area contributed by atoms with Gasteiger partial charge in [-0.3, -0.25) is 14.8 Å². The first-order valence-electron chi connectivity index (χ1n) is 5.72. The first-order valence-corrected chi connectivity index (χ1v) is 5.72. The predicted octanol–water partition coefficient (Wildman–Crippen LogP) is 0.234. The number of rotatable bonds is 3. The minimum atomic E-state index is -0.575. The normalized spacial score (nSPS) is 10.8. The summed E-state index contributed by atoms with van der Waals surface area (Å²) < 4.78 is 11.6. The van der Waals surface area contributed by atoms with Crippen molar-refractivity contribution in [3.05, 3.63) is 52.5 Å². The monoisotopic (exact) mass is 274 g/mol. The van der Waals surface area contributed by atoms with Crippen LogP contribution in [-0.4, -0.2) is 15.5 Å². The average Bonchev–Trinajstić information content (AvgIpc) is 3.04. The molecule has 3 heterocycles. The molecule has 3 aromatic rings. The van der Waals surface area contributed by atoms with Crippen molar-refractivity contribution in [2.45, 2.75) is 6.54 Å². The maximum atomic E-state index is 11.8. The molecule has 3 N–H and O–H groups in total. The van der Waals surface area contributed by atoms with Crippen LogP contribution in [0.2, 0.25) is 0 Å². The van der Waals surface area contributed by atoms with Crippen LogP contribution in [0.5, 0.6) is 0 Å². The van der Waals surface area contributed by atoms with Gasteiger partial charge in [0.25, 0.3) is 5.91 Å². The summed E-state index contributed by atoms with van der Waals surface area (Å²) in [5, 5.41) is 0. The summed E-state index contributed by atoms with van der Waals surface area (Å²) in [5.41, 5.74) is 3.02. The van der Waals surface area contributed by atoms with Crippen LogP contribution < -0.4 is 17.0 Å². The van der Waals surface area contributed by atoms with Crippen molar-refractivity contribution in [1.29, 1.82) is 0 Å². The van der Waals surface area contributed by atoms with Crippen molar-refractivity contribution in [3.63, 3.8) is 0 Å². The van der Waals surface area contributed by atoms with Crippen molar-refractivity contribution in [2.75, 3.05) is 0 Å².